The lowest BCUT2D eigenvalue weighted by atomic mass is 10.1. The average molecular weight is 237 g/mol. The molecule has 96 valence electrons. The molecule has 2 atom stereocenters. The first kappa shape index (κ1) is 11.5. The molecular formula is C13H23N3O. The molecule has 0 aromatic rings. The second-order valence-corrected chi connectivity index (χ2v) is 5.66. The number of rotatable bonds is 2. The van der Waals surface area contributed by atoms with Crippen molar-refractivity contribution >= 4 is 5.91 Å². The molecule has 3 heterocycles. The van der Waals surface area contributed by atoms with E-state index in [4.69, 9.17) is 0 Å². The number of amides is 1. The van der Waals surface area contributed by atoms with Crippen molar-refractivity contribution in [1.29, 1.82) is 0 Å². The predicted octanol–water partition coefficient (Wildman–Crippen LogP) is 0.293. The van der Waals surface area contributed by atoms with Crippen LogP contribution in [0, 0.1) is 5.92 Å². The van der Waals surface area contributed by atoms with Gasteiger partial charge in [-0.2, -0.15) is 0 Å². The summed E-state index contributed by atoms with van der Waals surface area (Å²) in [5, 5.41) is 3.29. The first-order chi connectivity index (χ1) is 8.34. The Hall–Kier alpha value is -0.610. The third-order valence-corrected chi connectivity index (χ3v) is 4.54. The zero-order valence-corrected chi connectivity index (χ0v) is 10.5. The smallest absolute Gasteiger partial charge is 0.227 e. The van der Waals surface area contributed by atoms with Gasteiger partial charge >= 0.3 is 0 Å². The minimum Gasteiger partial charge on any atom is -0.341 e. The second kappa shape index (κ2) is 4.94. The minimum atomic E-state index is 0.257. The van der Waals surface area contributed by atoms with Crippen LogP contribution in [0.15, 0.2) is 0 Å². The molecule has 1 N–H and O–H groups in total. The first-order valence-corrected chi connectivity index (χ1v) is 7.08. The van der Waals surface area contributed by atoms with Gasteiger partial charge in [-0.05, 0) is 45.3 Å². The average Bonchev–Trinajstić information content (AvgIpc) is 3.09. The van der Waals surface area contributed by atoms with Gasteiger partial charge in [0.2, 0.25) is 5.91 Å². The highest BCUT2D eigenvalue weighted by Crippen LogP contribution is 2.22. The molecule has 4 nitrogen and oxygen atoms in total. The maximum Gasteiger partial charge on any atom is 0.227 e. The maximum absolute atomic E-state index is 12.3. The maximum atomic E-state index is 12.3. The Labute approximate surface area is 103 Å². The Morgan fingerprint density at radius 1 is 1.12 bits per heavy atom. The molecule has 3 rings (SSSR count). The van der Waals surface area contributed by atoms with E-state index in [0.29, 0.717) is 11.9 Å². The van der Waals surface area contributed by atoms with Gasteiger partial charge in [0.25, 0.3) is 0 Å². The molecule has 0 saturated carbocycles. The Bertz CT molecular complexity index is 282. The summed E-state index contributed by atoms with van der Waals surface area (Å²) in [6.07, 6.45) is 4.91. The second-order valence-electron chi connectivity index (χ2n) is 5.66. The Morgan fingerprint density at radius 3 is 2.65 bits per heavy atom. The Kier molecular flexibility index (Phi) is 3.34. The predicted molar refractivity (Wildman–Crippen MR) is 66.8 cm³/mol. The van der Waals surface area contributed by atoms with Crippen molar-refractivity contribution in [2.45, 2.75) is 31.7 Å². The van der Waals surface area contributed by atoms with Crippen LogP contribution in [0.25, 0.3) is 0 Å². The molecule has 1 amide bonds. The topological polar surface area (TPSA) is 35.6 Å². The molecule has 0 aromatic carbocycles. The van der Waals surface area contributed by atoms with Gasteiger partial charge in [-0.15, -0.1) is 0 Å². The van der Waals surface area contributed by atoms with E-state index in [1.54, 1.807) is 0 Å². The van der Waals surface area contributed by atoms with Crippen molar-refractivity contribution in [3.63, 3.8) is 0 Å². The van der Waals surface area contributed by atoms with Crippen LogP contribution in [-0.4, -0.2) is 61.0 Å². The number of carbonyl (C=O) groups is 1. The third-order valence-electron chi connectivity index (χ3n) is 4.54. The Balaban J connectivity index is 1.54. The van der Waals surface area contributed by atoms with E-state index < -0.39 is 0 Å². The largest absolute Gasteiger partial charge is 0.341 e. The molecule has 0 aliphatic carbocycles. The summed E-state index contributed by atoms with van der Waals surface area (Å²) >= 11 is 0. The molecule has 0 spiro atoms. The SMILES string of the molecule is O=C(C1CCNC1)N1CCC(N2CCCC2)C1. The molecule has 3 aliphatic heterocycles. The zero-order valence-electron chi connectivity index (χ0n) is 10.5. The van der Waals surface area contributed by atoms with Gasteiger partial charge in [-0.3, -0.25) is 9.69 Å². The van der Waals surface area contributed by atoms with Crippen LogP contribution >= 0.6 is 0 Å². The molecule has 0 bridgehead atoms. The van der Waals surface area contributed by atoms with Gasteiger partial charge < -0.3 is 10.2 Å². The highest BCUT2D eigenvalue weighted by Gasteiger charge is 2.34. The molecule has 0 aromatic heterocycles. The molecule has 3 aliphatic rings. The molecule has 3 saturated heterocycles. The van der Waals surface area contributed by atoms with E-state index in [0.717, 1.165) is 32.6 Å². The fourth-order valence-corrected chi connectivity index (χ4v) is 3.47. The standard InChI is InChI=1S/C13H23N3O/c17-13(11-3-5-14-9-11)16-8-4-12(10-16)15-6-1-2-7-15/h11-12,14H,1-10H2. The van der Waals surface area contributed by atoms with E-state index in [1.165, 1.54) is 32.4 Å². The number of nitrogens with zero attached hydrogens (tertiary/aromatic N) is 2. The van der Waals surface area contributed by atoms with Gasteiger partial charge in [-0.25, -0.2) is 0 Å². The number of likely N-dealkylation sites (tertiary alicyclic amines) is 2. The molecule has 2 unspecified atom stereocenters. The summed E-state index contributed by atoms with van der Waals surface area (Å²) in [5.41, 5.74) is 0. The van der Waals surface area contributed by atoms with E-state index in [1.807, 2.05) is 0 Å². The summed E-state index contributed by atoms with van der Waals surface area (Å²) in [6.45, 7) is 6.37. The number of hydrogen-bond donors (Lipinski definition) is 1. The van der Waals surface area contributed by atoms with Crippen molar-refractivity contribution in [3.05, 3.63) is 0 Å². The third kappa shape index (κ3) is 2.33. The van der Waals surface area contributed by atoms with Crippen LogP contribution in [0.2, 0.25) is 0 Å². The highest BCUT2D eigenvalue weighted by molar-refractivity contribution is 5.79. The molecular weight excluding hydrogens is 214 g/mol. The van der Waals surface area contributed by atoms with Crippen LogP contribution in [0.1, 0.15) is 25.7 Å². The van der Waals surface area contributed by atoms with E-state index in [9.17, 15) is 4.79 Å². The van der Waals surface area contributed by atoms with Gasteiger partial charge in [0.05, 0.1) is 5.92 Å². The first-order valence-electron chi connectivity index (χ1n) is 7.08. The van der Waals surface area contributed by atoms with Crippen LogP contribution in [0.3, 0.4) is 0 Å². The van der Waals surface area contributed by atoms with Crippen molar-refractivity contribution in [3.8, 4) is 0 Å². The Morgan fingerprint density at radius 2 is 1.94 bits per heavy atom. The summed E-state index contributed by atoms with van der Waals surface area (Å²) in [7, 11) is 0. The van der Waals surface area contributed by atoms with E-state index in [2.05, 4.69) is 15.1 Å². The van der Waals surface area contributed by atoms with Crippen LogP contribution < -0.4 is 5.32 Å². The van der Waals surface area contributed by atoms with E-state index in [-0.39, 0.29) is 5.92 Å². The summed E-state index contributed by atoms with van der Waals surface area (Å²) in [4.78, 5) is 17.0. The summed E-state index contributed by atoms with van der Waals surface area (Å²) in [5.74, 6) is 0.657. The zero-order chi connectivity index (χ0) is 11.7. The lowest BCUT2D eigenvalue weighted by molar-refractivity contribution is -0.134. The molecule has 3 fully saturated rings. The van der Waals surface area contributed by atoms with Crippen molar-refractivity contribution < 1.29 is 4.79 Å². The highest BCUT2D eigenvalue weighted by atomic mass is 16.2. The minimum absolute atomic E-state index is 0.257. The van der Waals surface area contributed by atoms with Crippen molar-refractivity contribution in [2.24, 2.45) is 5.92 Å². The number of nitrogens with one attached hydrogen (secondary N) is 1. The number of hydrogen-bond acceptors (Lipinski definition) is 3. The van der Waals surface area contributed by atoms with Crippen LogP contribution in [-0.2, 0) is 4.79 Å². The molecule has 17 heavy (non-hydrogen) atoms. The van der Waals surface area contributed by atoms with Crippen LogP contribution in [0.5, 0.6) is 0 Å². The fraction of sp³-hybridized carbons (Fsp3) is 0.923. The molecule has 4 heteroatoms. The van der Waals surface area contributed by atoms with Gasteiger partial charge in [-0.1, -0.05) is 0 Å². The monoisotopic (exact) mass is 237 g/mol. The normalized spacial score (nSPS) is 34.7. The van der Waals surface area contributed by atoms with Crippen LogP contribution in [0.4, 0.5) is 0 Å². The lowest BCUT2D eigenvalue weighted by Crippen LogP contribution is -2.39. The van der Waals surface area contributed by atoms with Gasteiger partial charge in [0, 0.05) is 25.7 Å². The quantitative estimate of drug-likeness (QED) is 0.750. The summed E-state index contributed by atoms with van der Waals surface area (Å²) < 4.78 is 0. The summed E-state index contributed by atoms with van der Waals surface area (Å²) in [6, 6.07) is 0.649. The van der Waals surface area contributed by atoms with Crippen molar-refractivity contribution in [2.75, 3.05) is 39.3 Å². The molecule has 0 radical (unpaired) electrons. The lowest BCUT2D eigenvalue weighted by Gasteiger charge is -2.24. The van der Waals surface area contributed by atoms with Gasteiger partial charge in [0.15, 0.2) is 0 Å². The fourth-order valence-electron chi connectivity index (χ4n) is 3.47. The van der Waals surface area contributed by atoms with E-state index >= 15 is 0 Å². The van der Waals surface area contributed by atoms with Gasteiger partial charge in [0.1, 0.15) is 0 Å². The van der Waals surface area contributed by atoms with Crippen molar-refractivity contribution in [1.82, 2.24) is 15.1 Å². The number of carbonyl (C=O) groups excluding carboxylic acids is 1.